The summed E-state index contributed by atoms with van der Waals surface area (Å²) in [4.78, 5) is 10.6. The first-order chi connectivity index (χ1) is 9.51. The van der Waals surface area contributed by atoms with Crippen LogP contribution in [0.4, 0.5) is 0 Å². The van der Waals surface area contributed by atoms with Gasteiger partial charge in [0.15, 0.2) is 11.5 Å². The first kappa shape index (κ1) is 17.0. The summed E-state index contributed by atoms with van der Waals surface area (Å²) in [6.45, 7) is 4.98. The number of carboxylic acid groups (broad SMARTS) is 1. The number of aliphatic carboxylic acids is 1. The summed E-state index contributed by atoms with van der Waals surface area (Å²) in [6, 6.07) is 1.75. The van der Waals surface area contributed by atoms with Crippen molar-refractivity contribution in [1.29, 1.82) is 0 Å². The van der Waals surface area contributed by atoms with Crippen molar-refractivity contribution in [2.24, 2.45) is 0 Å². The molecule has 20 heavy (non-hydrogen) atoms. The number of hydrogen-bond donors (Lipinski definition) is 1. The second kappa shape index (κ2) is 8.32. The van der Waals surface area contributed by atoms with Crippen LogP contribution in [0.5, 0.6) is 11.5 Å². The Kier molecular flexibility index (Phi) is 7.09. The third kappa shape index (κ3) is 4.52. The van der Waals surface area contributed by atoms with E-state index in [1.807, 2.05) is 13.8 Å². The van der Waals surface area contributed by atoms with Gasteiger partial charge in [-0.2, -0.15) is 0 Å². The standard InChI is InChI=1S/C14H16Br2O4/c1-3-7-20-14-10(19-4-2)8-9(5-6-11(17)18)12(15)13(14)16/h5-6,8H,3-4,7H2,1-2H3,(H,17,18). The van der Waals surface area contributed by atoms with E-state index in [1.54, 1.807) is 6.07 Å². The fourth-order valence-electron chi connectivity index (χ4n) is 1.49. The van der Waals surface area contributed by atoms with E-state index in [1.165, 1.54) is 6.08 Å². The highest BCUT2D eigenvalue weighted by Gasteiger charge is 2.16. The van der Waals surface area contributed by atoms with Gasteiger partial charge < -0.3 is 14.6 Å². The highest BCUT2D eigenvalue weighted by molar-refractivity contribution is 9.13. The number of hydrogen-bond acceptors (Lipinski definition) is 3. The van der Waals surface area contributed by atoms with Gasteiger partial charge in [-0.25, -0.2) is 4.79 Å². The number of carboxylic acids is 1. The molecular weight excluding hydrogens is 392 g/mol. The molecular formula is C14H16Br2O4. The zero-order valence-electron chi connectivity index (χ0n) is 11.3. The zero-order valence-corrected chi connectivity index (χ0v) is 14.5. The van der Waals surface area contributed by atoms with Gasteiger partial charge in [-0.05, 0) is 62.9 Å². The van der Waals surface area contributed by atoms with Gasteiger partial charge in [0.05, 0.1) is 17.7 Å². The number of rotatable bonds is 7. The van der Waals surface area contributed by atoms with Crippen molar-refractivity contribution >= 4 is 43.9 Å². The maximum absolute atomic E-state index is 10.6. The van der Waals surface area contributed by atoms with Crippen LogP contribution < -0.4 is 9.47 Å². The summed E-state index contributed by atoms with van der Waals surface area (Å²) in [5, 5.41) is 8.71. The first-order valence-electron chi connectivity index (χ1n) is 6.19. The Morgan fingerprint density at radius 2 is 2.00 bits per heavy atom. The minimum atomic E-state index is -1.00. The van der Waals surface area contributed by atoms with Gasteiger partial charge in [-0.3, -0.25) is 0 Å². The third-order valence-corrected chi connectivity index (χ3v) is 4.45. The molecule has 1 aromatic rings. The molecule has 0 aliphatic carbocycles. The van der Waals surface area contributed by atoms with Crippen molar-refractivity contribution in [3.8, 4) is 11.5 Å². The number of benzene rings is 1. The van der Waals surface area contributed by atoms with Crippen LogP contribution >= 0.6 is 31.9 Å². The summed E-state index contributed by atoms with van der Waals surface area (Å²) in [6.07, 6.45) is 3.47. The second-order valence-corrected chi connectivity index (χ2v) is 5.46. The van der Waals surface area contributed by atoms with Crippen molar-refractivity contribution in [3.05, 3.63) is 26.7 Å². The molecule has 1 rings (SSSR count). The molecule has 0 saturated carbocycles. The van der Waals surface area contributed by atoms with Gasteiger partial charge in [-0.15, -0.1) is 0 Å². The fraction of sp³-hybridized carbons (Fsp3) is 0.357. The normalized spacial score (nSPS) is 10.8. The quantitative estimate of drug-likeness (QED) is 0.676. The van der Waals surface area contributed by atoms with Gasteiger partial charge in [0.1, 0.15) is 0 Å². The second-order valence-electron chi connectivity index (χ2n) is 3.87. The summed E-state index contributed by atoms with van der Waals surface area (Å²) < 4.78 is 12.7. The minimum absolute atomic E-state index is 0.499. The lowest BCUT2D eigenvalue weighted by atomic mass is 10.2. The maximum atomic E-state index is 10.6. The molecule has 0 radical (unpaired) electrons. The van der Waals surface area contributed by atoms with Crippen LogP contribution in [-0.4, -0.2) is 24.3 Å². The molecule has 0 bridgehead atoms. The number of carbonyl (C=O) groups is 1. The van der Waals surface area contributed by atoms with Crippen molar-refractivity contribution in [2.75, 3.05) is 13.2 Å². The molecule has 0 atom stereocenters. The highest BCUT2D eigenvalue weighted by Crippen LogP contribution is 2.43. The highest BCUT2D eigenvalue weighted by atomic mass is 79.9. The van der Waals surface area contributed by atoms with Crippen molar-refractivity contribution in [1.82, 2.24) is 0 Å². The molecule has 0 amide bonds. The summed E-state index contributed by atoms with van der Waals surface area (Å²) >= 11 is 6.89. The van der Waals surface area contributed by atoms with Crippen LogP contribution in [0.2, 0.25) is 0 Å². The molecule has 4 nitrogen and oxygen atoms in total. The lowest BCUT2D eigenvalue weighted by Crippen LogP contribution is -2.02. The third-order valence-electron chi connectivity index (χ3n) is 2.31. The fourth-order valence-corrected chi connectivity index (χ4v) is 2.45. The number of halogens is 2. The van der Waals surface area contributed by atoms with Gasteiger partial charge >= 0.3 is 5.97 Å². The van der Waals surface area contributed by atoms with Crippen molar-refractivity contribution < 1.29 is 19.4 Å². The van der Waals surface area contributed by atoms with Crippen LogP contribution in [0.15, 0.2) is 21.1 Å². The first-order valence-corrected chi connectivity index (χ1v) is 7.78. The maximum Gasteiger partial charge on any atom is 0.328 e. The lowest BCUT2D eigenvalue weighted by Gasteiger charge is -2.16. The molecule has 6 heteroatoms. The predicted octanol–water partition coefficient (Wildman–Crippen LogP) is 4.50. The Labute approximate surface area is 135 Å². The summed E-state index contributed by atoms with van der Waals surface area (Å²) in [7, 11) is 0. The summed E-state index contributed by atoms with van der Waals surface area (Å²) in [5.74, 6) is 0.200. The topological polar surface area (TPSA) is 55.8 Å². The smallest absolute Gasteiger partial charge is 0.328 e. The van der Waals surface area contributed by atoms with Crippen molar-refractivity contribution in [3.63, 3.8) is 0 Å². The Morgan fingerprint density at radius 3 is 2.55 bits per heavy atom. The molecule has 0 aliphatic heterocycles. The van der Waals surface area contributed by atoms with Crippen LogP contribution in [0.25, 0.3) is 6.08 Å². The van der Waals surface area contributed by atoms with Crippen LogP contribution in [0.1, 0.15) is 25.8 Å². The Balaban J connectivity index is 3.26. The molecule has 0 aromatic heterocycles. The van der Waals surface area contributed by atoms with E-state index < -0.39 is 5.97 Å². The van der Waals surface area contributed by atoms with E-state index in [-0.39, 0.29) is 0 Å². The minimum Gasteiger partial charge on any atom is -0.490 e. The van der Waals surface area contributed by atoms with Gasteiger partial charge in [0.2, 0.25) is 0 Å². The van der Waals surface area contributed by atoms with Crippen LogP contribution in [0, 0.1) is 0 Å². The molecule has 0 unspecified atom stereocenters. The lowest BCUT2D eigenvalue weighted by molar-refractivity contribution is -0.131. The monoisotopic (exact) mass is 406 g/mol. The van der Waals surface area contributed by atoms with E-state index in [4.69, 9.17) is 14.6 Å². The SMILES string of the molecule is CCCOc1c(OCC)cc(C=CC(=O)O)c(Br)c1Br. The summed E-state index contributed by atoms with van der Waals surface area (Å²) in [5.41, 5.74) is 0.701. The van der Waals surface area contributed by atoms with E-state index in [9.17, 15) is 4.79 Å². The van der Waals surface area contributed by atoms with E-state index in [2.05, 4.69) is 31.9 Å². The van der Waals surface area contributed by atoms with Crippen molar-refractivity contribution in [2.45, 2.75) is 20.3 Å². The molecule has 0 saturated heterocycles. The molecule has 1 aromatic carbocycles. The zero-order chi connectivity index (χ0) is 15.1. The molecule has 0 aliphatic rings. The Bertz CT molecular complexity index is 512. The molecule has 110 valence electrons. The van der Waals surface area contributed by atoms with E-state index in [0.29, 0.717) is 34.7 Å². The number of ether oxygens (including phenoxy) is 2. The Hall–Kier alpha value is -1.01. The van der Waals surface area contributed by atoms with E-state index in [0.717, 1.165) is 17.0 Å². The largest absolute Gasteiger partial charge is 0.490 e. The van der Waals surface area contributed by atoms with Gasteiger partial charge in [-0.1, -0.05) is 6.92 Å². The van der Waals surface area contributed by atoms with E-state index >= 15 is 0 Å². The van der Waals surface area contributed by atoms with Gasteiger partial charge in [0.25, 0.3) is 0 Å². The molecule has 0 heterocycles. The predicted molar refractivity (Wildman–Crippen MR) is 85.5 cm³/mol. The molecule has 0 spiro atoms. The van der Waals surface area contributed by atoms with Gasteiger partial charge in [0, 0.05) is 10.5 Å². The molecule has 0 fully saturated rings. The Morgan fingerprint density at radius 1 is 1.30 bits per heavy atom. The average Bonchev–Trinajstić information content (AvgIpc) is 2.41. The molecule has 1 N–H and O–H groups in total. The van der Waals surface area contributed by atoms with Crippen LogP contribution in [0.3, 0.4) is 0 Å². The average molecular weight is 408 g/mol. The van der Waals surface area contributed by atoms with Crippen LogP contribution in [-0.2, 0) is 4.79 Å².